The van der Waals surface area contributed by atoms with Crippen LogP contribution in [0.3, 0.4) is 0 Å². The first-order valence-corrected chi connectivity index (χ1v) is 11.7. The van der Waals surface area contributed by atoms with Crippen LogP contribution in [0.2, 0.25) is 0 Å². The van der Waals surface area contributed by atoms with Crippen LogP contribution in [0.15, 0.2) is 52.1 Å². The Kier molecular flexibility index (Phi) is 9.91. The lowest BCUT2D eigenvalue weighted by Crippen LogP contribution is -2.41. The van der Waals surface area contributed by atoms with Gasteiger partial charge in [0, 0.05) is 38.3 Å². The fraction of sp³-hybridized carbons (Fsp3) is 0.560. The van der Waals surface area contributed by atoms with E-state index in [4.69, 9.17) is 23.6 Å². The fourth-order valence-electron chi connectivity index (χ4n) is 3.89. The van der Waals surface area contributed by atoms with Gasteiger partial charge in [-0.2, -0.15) is 0 Å². The maximum Gasteiger partial charge on any atom is 0.191 e. The highest BCUT2D eigenvalue weighted by molar-refractivity contribution is 5.79. The molecule has 1 aromatic carbocycles. The van der Waals surface area contributed by atoms with Crippen molar-refractivity contribution in [3.05, 3.63) is 54.0 Å². The zero-order valence-electron chi connectivity index (χ0n) is 19.4. The number of furan rings is 1. The van der Waals surface area contributed by atoms with Crippen molar-refractivity contribution < 1.29 is 18.6 Å². The fourth-order valence-corrected chi connectivity index (χ4v) is 3.89. The lowest BCUT2D eigenvalue weighted by atomic mass is 9.74. The van der Waals surface area contributed by atoms with Crippen molar-refractivity contribution in [2.75, 3.05) is 46.1 Å². The largest absolute Gasteiger partial charge is 0.494 e. The molecule has 2 N–H and O–H groups in total. The minimum absolute atomic E-state index is 0.0164. The monoisotopic (exact) mass is 443 g/mol. The van der Waals surface area contributed by atoms with Crippen LogP contribution in [0, 0.1) is 0 Å². The van der Waals surface area contributed by atoms with Crippen molar-refractivity contribution in [3.63, 3.8) is 0 Å². The van der Waals surface area contributed by atoms with Crippen LogP contribution in [0.25, 0.3) is 0 Å². The number of nitrogens with one attached hydrogen (secondary N) is 2. The lowest BCUT2D eigenvalue weighted by Gasteiger charge is -2.36. The molecule has 2 heterocycles. The summed E-state index contributed by atoms with van der Waals surface area (Å²) in [6.45, 7) is 9.79. The van der Waals surface area contributed by atoms with Crippen LogP contribution < -0.4 is 15.4 Å². The average Bonchev–Trinajstić information content (AvgIpc) is 3.34. The summed E-state index contributed by atoms with van der Waals surface area (Å²) in [5.74, 6) is 2.60. The Bertz CT molecular complexity index is 784. The molecular weight excluding hydrogens is 406 g/mol. The third-order valence-electron chi connectivity index (χ3n) is 5.69. The zero-order chi connectivity index (χ0) is 22.5. The molecule has 176 valence electrons. The highest BCUT2D eigenvalue weighted by Gasteiger charge is 2.34. The van der Waals surface area contributed by atoms with Crippen LogP contribution in [0.4, 0.5) is 0 Å². The van der Waals surface area contributed by atoms with E-state index >= 15 is 0 Å². The molecule has 0 unspecified atom stereocenters. The molecule has 1 aromatic heterocycles. The molecule has 0 saturated carbocycles. The summed E-state index contributed by atoms with van der Waals surface area (Å²) in [4.78, 5) is 4.95. The van der Waals surface area contributed by atoms with Crippen molar-refractivity contribution in [2.24, 2.45) is 4.99 Å². The number of guanidine groups is 1. The summed E-state index contributed by atoms with van der Waals surface area (Å²) in [5.41, 5.74) is 1.28. The number of nitrogens with zero attached hydrogens (tertiary/aromatic N) is 1. The van der Waals surface area contributed by atoms with Crippen molar-refractivity contribution >= 4 is 5.96 Å². The quantitative estimate of drug-likeness (QED) is 0.294. The summed E-state index contributed by atoms with van der Waals surface area (Å²) in [7, 11) is 0. The number of aliphatic imine (C=N–C) groups is 1. The third-order valence-corrected chi connectivity index (χ3v) is 5.69. The van der Waals surface area contributed by atoms with E-state index in [1.807, 2.05) is 19.1 Å². The van der Waals surface area contributed by atoms with E-state index in [0.717, 1.165) is 63.0 Å². The lowest BCUT2D eigenvalue weighted by molar-refractivity contribution is 0.0531. The third kappa shape index (κ3) is 7.28. The first kappa shape index (κ1) is 24.1. The molecule has 1 aliphatic heterocycles. The van der Waals surface area contributed by atoms with Crippen molar-refractivity contribution in [1.82, 2.24) is 10.6 Å². The molecule has 7 heteroatoms. The second-order valence-electron chi connectivity index (χ2n) is 7.96. The van der Waals surface area contributed by atoms with Gasteiger partial charge < -0.3 is 29.3 Å². The van der Waals surface area contributed by atoms with E-state index in [2.05, 4.69) is 41.8 Å². The van der Waals surface area contributed by atoms with E-state index in [-0.39, 0.29) is 5.41 Å². The highest BCUT2D eigenvalue weighted by atomic mass is 16.5. The Morgan fingerprint density at radius 3 is 2.59 bits per heavy atom. The molecule has 0 radical (unpaired) electrons. The van der Waals surface area contributed by atoms with Gasteiger partial charge in [-0.3, -0.25) is 4.99 Å². The molecule has 0 spiro atoms. The second kappa shape index (κ2) is 13.1. The molecule has 0 aliphatic carbocycles. The van der Waals surface area contributed by atoms with Crippen molar-refractivity contribution in [3.8, 4) is 5.75 Å². The Balaban J connectivity index is 1.54. The van der Waals surface area contributed by atoms with E-state index in [1.54, 1.807) is 6.26 Å². The molecule has 1 fully saturated rings. The maximum absolute atomic E-state index is 5.67. The van der Waals surface area contributed by atoms with Crippen LogP contribution >= 0.6 is 0 Å². The molecule has 1 aliphatic rings. The summed E-state index contributed by atoms with van der Waals surface area (Å²) < 4.78 is 22.2. The molecule has 2 aromatic rings. The van der Waals surface area contributed by atoms with Crippen molar-refractivity contribution in [2.45, 2.75) is 45.1 Å². The molecular formula is C25H37N3O4. The number of hydrogen-bond acceptors (Lipinski definition) is 5. The van der Waals surface area contributed by atoms with Crippen LogP contribution in [0.1, 0.15) is 44.4 Å². The minimum Gasteiger partial charge on any atom is -0.494 e. The summed E-state index contributed by atoms with van der Waals surface area (Å²) in [6, 6.07) is 12.3. The van der Waals surface area contributed by atoms with Gasteiger partial charge in [0.1, 0.15) is 18.1 Å². The standard InChI is InChI=1S/C25H37N3O4/c1-3-26-24(27-14-6-15-30-19-23-7-5-16-32-23)28-20-25(12-17-29-18-13-25)21-8-10-22(11-9-21)31-4-2/h5,7-11,16H,3-4,6,12-15,17-20H2,1-2H3,(H2,26,27,28). The Morgan fingerprint density at radius 1 is 1.09 bits per heavy atom. The Morgan fingerprint density at radius 2 is 1.91 bits per heavy atom. The molecule has 0 amide bonds. The number of rotatable bonds is 12. The SMILES string of the molecule is CCNC(=NCC1(c2ccc(OCC)cc2)CCOCC1)NCCCOCc1ccco1. The number of hydrogen-bond donors (Lipinski definition) is 2. The topological polar surface area (TPSA) is 77.3 Å². The molecule has 32 heavy (non-hydrogen) atoms. The predicted octanol–water partition coefficient (Wildman–Crippen LogP) is 3.89. The normalized spacial score (nSPS) is 16.0. The van der Waals surface area contributed by atoms with Gasteiger partial charge in [0.15, 0.2) is 5.96 Å². The summed E-state index contributed by atoms with van der Waals surface area (Å²) >= 11 is 0. The smallest absolute Gasteiger partial charge is 0.191 e. The first-order valence-electron chi connectivity index (χ1n) is 11.7. The molecule has 1 saturated heterocycles. The van der Waals surface area contributed by atoms with Gasteiger partial charge in [0.25, 0.3) is 0 Å². The molecule has 7 nitrogen and oxygen atoms in total. The molecule has 3 rings (SSSR count). The van der Waals surface area contributed by atoms with Crippen LogP contribution in [-0.2, 0) is 21.5 Å². The van der Waals surface area contributed by atoms with Gasteiger partial charge in [-0.1, -0.05) is 12.1 Å². The van der Waals surface area contributed by atoms with Crippen LogP contribution in [-0.4, -0.2) is 52.0 Å². The highest BCUT2D eigenvalue weighted by Crippen LogP contribution is 2.36. The van der Waals surface area contributed by atoms with Gasteiger partial charge in [-0.15, -0.1) is 0 Å². The Hall–Kier alpha value is -2.51. The number of benzene rings is 1. The minimum atomic E-state index is -0.0164. The van der Waals surface area contributed by atoms with E-state index in [0.29, 0.717) is 26.4 Å². The van der Waals surface area contributed by atoms with Gasteiger partial charge in [0.05, 0.1) is 19.4 Å². The summed E-state index contributed by atoms with van der Waals surface area (Å²) in [6.07, 6.45) is 4.48. The number of ether oxygens (including phenoxy) is 3. The maximum atomic E-state index is 5.67. The van der Waals surface area contributed by atoms with Gasteiger partial charge >= 0.3 is 0 Å². The van der Waals surface area contributed by atoms with E-state index in [1.165, 1.54) is 5.56 Å². The van der Waals surface area contributed by atoms with Gasteiger partial charge in [-0.25, -0.2) is 0 Å². The Labute approximate surface area is 191 Å². The summed E-state index contributed by atoms with van der Waals surface area (Å²) in [5, 5.41) is 6.79. The first-order chi connectivity index (χ1) is 15.8. The van der Waals surface area contributed by atoms with E-state index < -0.39 is 0 Å². The van der Waals surface area contributed by atoms with Crippen molar-refractivity contribution in [1.29, 1.82) is 0 Å². The average molecular weight is 444 g/mol. The molecule has 0 bridgehead atoms. The van der Waals surface area contributed by atoms with Gasteiger partial charge in [-0.05, 0) is 62.9 Å². The second-order valence-corrected chi connectivity index (χ2v) is 7.96. The predicted molar refractivity (Wildman–Crippen MR) is 126 cm³/mol. The van der Waals surface area contributed by atoms with Crippen LogP contribution in [0.5, 0.6) is 5.75 Å². The van der Waals surface area contributed by atoms with Gasteiger partial charge in [0.2, 0.25) is 0 Å². The molecule has 0 atom stereocenters. The zero-order valence-corrected chi connectivity index (χ0v) is 19.4. The van der Waals surface area contributed by atoms with E-state index in [9.17, 15) is 0 Å².